The molecule has 0 aliphatic carbocycles. The van der Waals surface area contributed by atoms with Crippen LogP contribution in [0, 0.1) is 0 Å². The summed E-state index contributed by atoms with van der Waals surface area (Å²) in [6.45, 7) is 7.57. The summed E-state index contributed by atoms with van der Waals surface area (Å²) in [5.74, 6) is 1.37. The summed E-state index contributed by atoms with van der Waals surface area (Å²) in [7, 11) is 3.85. The molecule has 1 amide bonds. The molecule has 1 aromatic rings. The van der Waals surface area contributed by atoms with Crippen molar-refractivity contribution in [2.75, 3.05) is 33.8 Å². The van der Waals surface area contributed by atoms with Gasteiger partial charge in [0.1, 0.15) is 0 Å². The lowest BCUT2D eigenvalue weighted by atomic mass is 10.1. The van der Waals surface area contributed by atoms with Crippen LogP contribution in [0.1, 0.15) is 51.0 Å². The standard InChI is InChI=1S/C15H26N4O3/c1-6-11(18(4)5)15(20)19-7-8-21-12(9-19)14-17-16-13(22-14)10(2)3/h10-12H,6-9H2,1-5H3/t11-,12+/m1/s1. The average molecular weight is 310 g/mol. The Morgan fingerprint density at radius 2 is 2.14 bits per heavy atom. The van der Waals surface area contributed by atoms with E-state index in [0.29, 0.717) is 31.5 Å². The van der Waals surface area contributed by atoms with Gasteiger partial charge in [-0.15, -0.1) is 10.2 Å². The quantitative estimate of drug-likeness (QED) is 0.819. The minimum atomic E-state index is -0.336. The van der Waals surface area contributed by atoms with Gasteiger partial charge in [0.25, 0.3) is 0 Å². The number of ether oxygens (including phenoxy) is 1. The van der Waals surface area contributed by atoms with Gasteiger partial charge in [0.05, 0.1) is 19.2 Å². The molecule has 0 saturated carbocycles. The zero-order valence-electron chi connectivity index (χ0n) is 14.1. The SMILES string of the molecule is CC[C@H](C(=O)N1CCO[C@H](c2nnc(C(C)C)o2)C1)N(C)C. The van der Waals surface area contributed by atoms with Crippen molar-refractivity contribution in [1.82, 2.24) is 20.0 Å². The Morgan fingerprint density at radius 3 is 2.68 bits per heavy atom. The predicted octanol–water partition coefficient (Wildman–Crippen LogP) is 1.43. The molecule has 1 saturated heterocycles. The molecule has 0 N–H and O–H groups in total. The van der Waals surface area contributed by atoms with Crippen molar-refractivity contribution < 1.29 is 13.9 Å². The summed E-state index contributed by atoms with van der Waals surface area (Å²) in [4.78, 5) is 16.4. The fourth-order valence-electron chi connectivity index (χ4n) is 2.58. The van der Waals surface area contributed by atoms with E-state index in [2.05, 4.69) is 10.2 Å². The minimum absolute atomic E-state index is 0.104. The van der Waals surface area contributed by atoms with E-state index in [-0.39, 0.29) is 24.0 Å². The highest BCUT2D eigenvalue weighted by molar-refractivity contribution is 5.81. The molecule has 7 heteroatoms. The fourth-order valence-corrected chi connectivity index (χ4v) is 2.58. The zero-order valence-corrected chi connectivity index (χ0v) is 14.1. The lowest BCUT2D eigenvalue weighted by Crippen LogP contribution is -2.50. The Bertz CT molecular complexity index is 501. The van der Waals surface area contributed by atoms with Crippen molar-refractivity contribution in [2.45, 2.75) is 45.3 Å². The molecule has 0 bridgehead atoms. The second kappa shape index (κ2) is 7.19. The monoisotopic (exact) mass is 310 g/mol. The Kier molecular flexibility index (Phi) is 5.52. The van der Waals surface area contributed by atoms with Crippen LogP contribution in [0.4, 0.5) is 0 Å². The molecule has 1 aromatic heterocycles. The first kappa shape index (κ1) is 16.9. The van der Waals surface area contributed by atoms with Crippen molar-refractivity contribution in [3.63, 3.8) is 0 Å². The molecule has 2 rings (SSSR count). The van der Waals surface area contributed by atoms with Gasteiger partial charge in [-0.2, -0.15) is 0 Å². The van der Waals surface area contributed by atoms with Crippen LogP contribution in [0.25, 0.3) is 0 Å². The van der Waals surface area contributed by atoms with E-state index < -0.39 is 0 Å². The average Bonchev–Trinajstić information content (AvgIpc) is 2.97. The maximum atomic E-state index is 12.6. The molecule has 2 atom stereocenters. The number of amides is 1. The fraction of sp³-hybridized carbons (Fsp3) is 0.800. The number of nitrogens with zero attached hydrogens (tertiary/aromatic N) is 4. The number of carbonyl (C=O) groups is 1. The van der Waals surface area contributed by atoms with Crippen LogP contribution >= 0.6 is 0 Å². The van der Waals surface area contributed by atoms with Gasteiger partial charge < -0.3 is 14.1 Å². The predicted molar refractivity (Wildman–Crippen MR) is 81.4 cm³/mol. The van der Waals surface area contributed by atoms with Gasteiger partial charge in [-0.3, -0.25) is 9.69 Å². The summed E-state index contributed by atoms with van der Waals surface area (Å²) in [5.41, 5.74) is 0. The second-order valence-corrected chi connectivity index (χ2v) is 6.16. The molecule has 0 aromatic carbocycles. The molecule has 2 heterocycles. The van der Waals surface area contributed by atoms with E-state index in [9.17, 15) is 4.79 Å². The van der Waals surface area contributed by atoms with Crippen LogP contribution < -0.4 is 0 Å². The molecule has 1 fully saturated rings. The first-order valence-electron chi connectivity index (χ1n) is 7.84. The van der Waals surface area contributed by atoms with Crippen LogP contribution in [-0.4, -0.2) is 65.7 Å². The molecular weight excluding hydrogens is 284 g/mol. The van der Waals surface area contributed by atoms with E-state index in [0.717, 1.165) is 6.42 Å². The van der Waals surface area contributed by atoms with Crippen LogP contribution in [0.5, 0.6) is 0 Å². The first-order chi connectivity index (χ1) is 10.4. The summed E-state index contributed by atoms with van der Waals surface area (Å²) < 4.78 is 11.4. The van der Waals surface area contributed by atoms with Crippen molar-refractivity contribution in [2.24, 2.45) is 0 Å². The number of hydrogen-bond donors (Lipinski definition) is 0. The van der Waals surface area contributed by atoms with Crippen molar-refractivity contribution in [3.05, 3.63) is 11.8 Å². The third kappa shape index (κ3) is 3.64. The Morgan fingerprint density at radius 1 is 1.41 bits per heavy atom. The summed E-state index contributed by atoms with van der Waals surface area (Å²) in [6, 6.07) is -0.104. The normalized spacial score (nSPS) is 20.7. The third-order valence-electron chi connectivity index (χ3n) is 3.90. The number of rotatable bonds is 5. The molecule has 1 aliphatic rings. The van der Waals surface area contributed by atoms with E-state index in [1.165, 1.54) is 0 Å². The highest BCUT2D eigenvalue weighted by Crippen LogP contribution is 2.24. The Hall–Kier alpha value is -1.47. The molecule has 0 radical (unpaired) electrons. The van der Waals surface area contributed by atoms with Crippen molar-refractivity contribution in [1.29, 1.82) is 0 Å². The highest BCUT2D eigenvalue weighted by atomic mass is 16.5. The van der Waals surface area contributed by atoms with E-state index >= 15 is 0 Å². The van der Waals surface area contributed by atoms with Crippen LogP contribution in [0.15, 0.2) is 4.42 Å². The molecule has 1 aliphatic heterocycles. The number of aromatic nitrogens is 2. The minimum Gasteiger partial charge on any atom is -0.422 e. The lowest BCUT2D eigenvalue weighted by molar-refractivity contribution is -0.144. The number of morpholine rings is 1. The lowest BCUT2D eigenvalue weighted by Gasteiger charge is -2.35. The summed E-state index contributed by atoms with van der Waals surface area (Å²) in [5, 5.41) is 8.10. The van der Waals surface area contributed by atoms with Gasteiger partial charge in [0, 0.05) is 12.5 Å². The maximum Gasteiger partial charge on any atom is 0.247 e. The molecule has 7 nitrogen and oxygen atoms in total. The molecule has 124 valence electrons. The largest absolute Gasteiger partial charge is 0.422 e. The zero-order chi connectivity index (χ0) is 16.3. The van der Waals surface area contributed by atoms with Gasteiger partial charge in [-0.25, -0.2) is 0 Å². The van der Waals surface area contributed by atoms with Crippen molar-refractivity contribution >= 4 is 5.91 Å². The van der Waals surface area contributed by atoms with Crippen molar-refractivity contribution in [3.8, 4) is 0 Å². The van der Waals surface area contributed by atoms with E-state index in [1.54, 1.807) is 0 Å². The summed E-state index contributed by atoms with van der Waals surface area (Å²) >= 11 is 0. The molecular formula is C15H26N4O3. The van der Waals surface area contributed by atoms with E-state index in [1.807, 2.05) is 44.7 Å². The van der Waals surface area contributed by atoms with Crippen LogP contribution in [0.3, 0.4) is 0 Å². The first-order valence-corrected chi connectivity index (χ1v) is 7.84. The third-order valence-corrected chi connectivity index (χ3v) is 3.90. The second-order valence-electron chi connectivity index (χ2n) is 6.16. The Labute approximate surface area is 131 Å². The number of hydrogen-bond acceptors (Lipinski definition) is 6. The highest BCUT2D eigenvalue weighted by Gasteiger charge is 2.32. The van der Waals surface area contributed by atoms with Gasteiger partial charge in [-0.1, -0.05) is 20.8 Å². The topological polar surface area (TPSA) is 71.7 Å². The summed E-state index contributed by atoms with van der Waals surface area (Å²) in [6.07, 6.45) is 0.448. The van der Waals surface area contributed by atoms with Gasteiger partial charge in [0.15, 0.2) is 6.10 Å². The van der Waals surface area contributed by atoms with Crippen LogP contribution in [0.2, 0.25) is 0 Å². The van der Waals surface area contributed by atoms with Gasteiger partial charge >= 0.3 is 0 Å². The Balaban J connectivity index is 2.06. The number of likely N-dealkylation sites (N-methyl/N-ethyl adjacent to an activating group) is 1. The van der Waals surface area contributed by atoms with Gasteiger partial charge in [0.2, 0.25) is 17.7 Å². The van der Waals surface area contributed by atoms with Crippen LogP contribution in [-0.2, 0) is 9.53 Å². The molecule has 0 spiro atoms. The number of carbonyl (C=O) groups excluding carboxylic acids is 1. The van der Waals surface area contributed by atoms with Gasteiger partial charge in [-0.05, 0) is 20.5 Å². The molecule has 0 unspecified atom stereocenters. The molecule has 22 heavy (non-hydrogen) atoms. The smallest absolute Gasteiger partial charge is 0.247 e. The maximum absolute atomic E-state index is 12.6. The van der Waals surface area contributed by atoms with E-state index in [4.69, 9.17) is 9.15 Å².